The molecule has 0 aliphatic rings. The van der Waals surface area contributed by atoms with Gasteiger partial charge in [-0.1, -0.05) is 0 Å². The summed E-state index contributed by atoms with van der Waals surface area (Å²) in [6.45, 7) is 1.41. The maximum absolute atomic E-state index is 10.6. The van der Waals surface area contributed by atoms with E-state index in [1.165, 1.54) is 14.0 Å². The zero-order chi connectivity index (χ0) is 9.07. The van der Waals surface area contributed by atoms with Crippen LogP contribution in [-0.4, -0.2) is 33.8 Å². The number of carbonyl (C=O) groups excluding carboxylic acids is 1. The molecule has 0 amide bonds. The second-order valence-electron chi connectivity index (χ2n) is 2.13. The molecule has 0 heterocycles. The van der Waals surface area contributed by atoms with E-state index in [9.17, 15) is 13.2 Å². The highest BCUT2D eigenvalue weighted by molar-refractivity contribution is 7.88. The topological polar surface area (TPSA) is 72.5 Å². The summed E-state index contributed by atoms with van der Waals surface area (Å²) in [6, 6.07) is -0.824. The Balaban J connectivity index is 4.09. The van der Waals surface area contributed by atoms with Crippen LogP contribution < -0.4 is 4.72 Å². The number of sulfonamides is 1. The van der Waals surface area contributed by atoms with Crippen molar-refractivity contribution in [1.82, 2.24) is 4.72 Å². The Kier molecular flexibility index (Phi) is 3.47. The number of hydrogen-bond donors (Lipinski definition) is 1. The van der Waals surface area contributed by atoms with Crippen molar-refractivity contribution in [2.24, 2.45) is 0 Å². The summed E-state index contributed by atoms with van der Waals surface area (Å²) >= 11 is 0. The lowest BCUT2D eigenvalue weighted by Crippen LogP contribution is -2.38. The van der Waals surface area contributed by atoms with Crippen molar-refractivity contribution in [3.63, 3.8) is 0 Å². The molecule has 0 saturated carbocycles. The van der Waals surface area contributed by atoms with E-state index in [0.717, 1.165) is 6.26 Å². The van der Waals surface area contributed by atoms with Gasteiger partial charge in [0, 0.05) is 0 Å². The van der Waals surface area contributed by atoms with Gasteiger partial charge in [-0.05, 0) is 6.92 Å². The third-order valence-corrected chi connectivity index (χ3v) is 1.73. The Morgan fingerprint density at radius 3 is 2.27 bits per heavy atom. The van der Waals surface area contributed by atoms with Crippen molar-refractivity contribution >= 4 is 16.0 Å². The molecule has 0 saturated heterocycles. The first-order chi connectivity index (χ1) is 4.87. The van der Waals surface area contributed by atoms with E-state index < -0.39 is 22.0 Å². The van der Waals surface area contributed by atoms with Gasteiger partial charge in [0.05, 0.1) is 13.4 Å². The standard InChI is InChI=1S/C5H11NO4S/c1-4(5(7)10-2)6-11(3,8)9/h4,6H,1-3H3/t4-/m0/s1. The molecule has 0 aromatic carbocycles. The Morgan fingerprint density at radius 2 is 2.00 bits per heavy atom. The predicted octanol–water partition coefficient (Wildman–Crippen LogP) is -0.903. The number of carbonyl (C=O) groups is 1. The first-order valence-corrected chi connectivity index (χ1v) is 4.81. The van der Waals surface area contributed by atoms with E-state index in [1.807, 2.05) is 0 Å². The van der Waals surface area contributed by atoms with Gasteiger partial charge in [-0.3, -0.25) is 4.79 Å². The highest BCUT2D eigenvalue weighted by atomic mass is 32.2. The van der Waals surface area contributed by atoms with Crippen molar-refractivity contribution in [3.05, 3.63) is 0 Å². The van der Waals surface area contributed by atoms with E-state index >= 15 is 0 Å². The fraction of sp³-hybridized carbons (Fsp3) is 0.800. The van der Waals surface area contributed by atoms with Crippen LogP contribution in [0.4, 0.5) is 0 Å². The molecule has 0 radical (unpaired) electrons. The predicted molar refractivity (Wildman–Crippen MR) is 39.5 cm³/mol. The van der Waals surface area contributed by atoms with Crippen molar-refractivity contribution in [2.45, 2.75) is 13.0 Å². The lowest BCUT2D eigenvalue weighted by molar-refractivity contribution is -0.142. The van der Waals surface area contributed by atoms with Crippen molar-refractivity contribution in [3.8, 4) is 0 Å². The zero-order valence-electron chi connectivity index (χ0n) is 6.62. The van der Waals surface area contributed by atoms with Gasteiger partial charge in [0.15, 0.2) is 0 Å². The van der Waals surface area contributed by atoms with Gasteiger partial charge < -0.3 is 4.74 Å². The lowest BCUT2D eigenvalue weighted by Gasteiger charge is -2.08. The van der Waals surface area contributed by atoms with Crippen LogP contribution in [-0.2, 0) is 19.6 Å². The van der Waals surface area contributed by atoms with Gasteiger partial charge in [-0.25, -0.2) is 13.1 Å². The largest absolute Gasteiger partial charge is 0.468 e. The summed E-state index contributed by atoms with van der Waals surface area (Å²) in [4.78, 5) is 10.6. The van der Waals surface area contributed by atoms with Crippen LogP contribution in [0.5, 0.6) is 0 Å². The smallest absolute Gasteiger partial charge is 0.323 e. The molecule has 0 unspecified atom stereocenters. The molecular weight excluding hydrogens is 170 g/mol. The maximum atomic E-state index is 10.6. The fourth-order valence-corrected chi connectivity index (χ4v) is 1.28. The summed E-state index contributed by atoms with van der Waals surface area (Å²) in [5.74, 6) is -0.601. The Morgan fingerprint density at radius 1 is 1.55 bits per heavy atom. The van der Waals surface area contributed by atoms with Crippen LogP contribution in [0.25, 0.3) is 0 Å². The monoisotopic (exact) mass is 181 g/mol. The third kappa shape index (κ3) is 4.74. The second kappa shape index (κ2) is 3.68. The molecule has 6 heteroatoms. The summed E-state index contributed by atoms with van der Waals surface area (Å²) in [6.07, 6.45) is 0.979. The van der Waals surface area contributed by atoms with Crippen LogP contribution in [0.1, 0.15) is 6.92 Å². The quantitative estimate of drug-likeness (QED) is 0.572. The van der Waals surface area contributed by atoms with Crippen LogP contribution >= 0.6 is 0 Å². The highest BCUT2D eigenvalue weighted by Gasteiger charge is 2.16. The molecule has 11 heavy (non-hydrogen) atoms. The van der Waals surface area contributed by atoms with Gasteiger partial charge in [0.25, 0.3) is 0 Å². The van der Waals surface area contributed by atoms with E-state index in [-0.39, 0.29) is 0 Å². The molecule has 0 aliphatic heterocycles. The van der Waals surface area contributed by atoms with Gasteiger partial charge in [-0.15, -0.1) is 0 Å². The summed E-state index contributed by atoms with van der Waals surface area (Å²) in [5, 5.41) is 0. The van der Waals surface area contributed by atoms with Gasteiger partial charge in [-0.2, -0.15) is 0 Å². The molecule has 0 fully saturated rings. The molecule has 0 aromatic heterocycles. The average Bonchev–Trinajstić information content (AvgIpc) is 1.82. The third-order valence-electron chi connectivity index (χ3n) is 0.946. The maximum Gasteiger partial charge on any atom is 0.323 e. The Bertz CT molecular complexity index is 233. The summed E-state index contributed by atoms with van der Waals surface area (Å²) < 4.78 is 27.4. The zero-order valence-corrected chi connectivity index (χ0v) is 7.44. The summed E-state index contributed by atoms with van der Waals surface area (Å²) in [5.41, 5.74) is 0. The van der Waals surface area contributed by atoms with Crippen LogP contribution in [0.15, 0.2) is 0 Å². The number of nitrogens with one attached hydrogen (secondary N) is 1. The molecule has 5 nitrogen and oxygen atoms in total. The minimum Gasteiger partial charge on any atom is -0.468 e. The Labute approximate surface area is 65.8 Å². The number of rotatable bonds is 3. The van der Waals surface area contributed by atoms with Gasteiger partial charge in [0.2, 0.25) is 10.0 Å². The van der Waals surface area contributed by atoms with E-state index in [2.05, 4.69) is 9.46 Å². The van der Waals surface area contributed by atoms with E-state index in [0.29, 0.717) is 0 Å². The SMILES string of the molecule is COC(=O)[C@H](C)NS(C)(=O)=O. The first-order valence-electron chi connectivity index (χ1n) is 2.92. The van der Waals surface area contributed by atoms with Crippen molar-refractivity contribution in [2.75, 3.05) is 13.4 Å². The van der Waals surface area contributed by atoms with Crippen LogP contribution in [0.2, 0.25) is 0 Å². The number of methoxy groups -OCH3 is 1. The van der Waals surface area contributed by atoms with Crippen LogP contribution in [0.3, 0.4) is 0 Å². The van der Waals surface area contributed by atoms with Crippen molar-refractivity contribution < 1.29 is 17.9 Å². The molecule has 0 rings (SSSR count). The van der Waals surface area contributed by atoms with E-state index in [1.54, 1.807) is 0 Å². The summed E-state index contributed by atoms with van der Waals surface area (Å²) in [7, 11) is -2.13. The molecule has 1 N–H and O–H groups in total. The highest BCUT2D eigenvalue weighted by Crippen LogP contribution is 1.87. The van der Waals surface area contributed by atoms with Crippen LogP contribution in [0, 0.1) is 0 Å². The normalized spacial score (nSPS) is 14.1. The minimum absolute atomic E-state index is 0.601. The Hall–Kier alpha value is -0.620. The molecular formula is C5H11NO4S. The number of esters is 1. The van der Waals surface area contributed by atoms with E-state index in [4.69, 9.17) is 0 Å². The lowest BCUT2D eigenvalue weighted by atomic mass is 10.4. The molecule has 0 spiro atoms. The molecule has 1 atom stereocenters. The fourth-order valence-electron chi connectivity index (χ4n) is 0.546. The molecule has 0 bridgehead atoms. The molecule has 66 valence electrons. The number of hydrogen-bond acceptors (Lipinski definition) is 4. The average molecular weight is 181 g/mol. The first kappa shape index (κ1) is 10.4. The van der Waals surface area contributed by atoms with Gasteiger partial charge in [0.1, 0.15) is 6.04 Å². The number of ether oxygens (including phenoxy) is 1. The second-order valence-corrected chi connectivity index (χ2v) is 3.91. The minimum atomic E-state index is -3.33. The molecule has 0 aromatic rings. The molecule has 0 aliphatic carbocycles. The van der Waals surface area contributed by atoms with Gasteiger partial charge >= 0.3 is 5.97 Å². The van der Waals surface area contributed by atoms with Crippen molar-refractivity contribution in [1.29, 1.82) is 0 Å².